The van der Waals surface area contributed by atoms with Crippen molar-refractivity contribution in [3.8, 4) is 6.07 Å². The van der Waals surface area contributed by atoms with Gasteiger partial charge in [-0.1, -0.05) is 25.5 Å². The molecular weight excluding hydrogens is 122 g/mol. The van der Waals surface area contributed by atoms with Crippen LogP contribution in [-0.2, 0) is 0 Å². The van der Waals surface area contributed by atoms with Gasteiger partial charge in [0.15, 0.2) is 0 Å². The van der Waals surface area contributed by atoms with Gasteiger partial charge in [-0.2, -0.15) is 5.26 Å². The summed E-state index contributed by atoms with van der Waals surface area (Å²) in [4.78, 5) is 0. The van der Waals surface area contributed by atoms with E-state index in [4.69, 9.17) is 5.26 Å². The highest BCUT2D eigenvalue weighted by molar-refractivity contribution is 4.85. The van der Waals surface area contributed by atoms with Crippen molar-refractivity contribution in [3.05, 3.63) is 19.1 Å². The quantitative estimate of drug-likeness (QED) is 0.421. The van der Waals surface area contributed by atoms with Crippen molar-refractivity contribution in [2.24, 2.45) is 0 Å². The third kappa shape index (κ3) is 7.23. The van der Waals surface area contributed by atoms with Crippen molar-refractivity contribution >= 4 is 0 Å². The smallest absolute Gasteiger partial charge is 0.0624 e. The van der Waals surface area contributed by atoms with Gasteiger partial charge >= 0.3 is 0 Å². The second-order valence-electron chi connectivity index (χ2n) is 2.16. The van der Waals surface area contributed by atoms with E-state index in [0.29, 0.717) is 6.42 Å². The van der Waals surface area contributed by atoms with E-state index in [1.165, 1.54) is 0 Å². The molecule has 1 nitrogen and oxygen atoms in total. The highest BCUT2D eigenvalue weighted by Crippen LogP contribution is 1.96. The molecule has 0 aromatic rings. The number of hydrogen-bond acceptors (Lipinski definition) is 1. The van der Waals surface area contributed by atoms with Crippen molar-refractivity contribution < 1.29 is 0 Å². The molecule has 0 rings (SSSR count). The van der Waals surface area contributed by atoms with Crippen LogP contribution in [0.25, 0.3) is 0 Å². The third-order valence-corrected chi connectivity index (χ3v) is 1.21. The van der Waals surface area contributed by atoms with Crippen LogP contribution in [0.5, 0.6) is 0 Å². The first kappa shape index (κ1) is 9.23. The molecule has 55 valence electrons. The molecule has 0 N–H and O–H groups in total. The molecular formula is C9H14N. The lowest BCUT2D eigenvalue weighted by Gasteiger charge is -1.86. The Labute approximate surface area is 63.4 Å². The average molecular weight is 136 g/mol. The van der Waals surface area contributed by atoms with Crippen molar-refractivity contribution in [2.75, 3.05) is 0 Å². The van der Waals surface area contributed by atoms with Crippen molar-refractivity contribution in [3.63, 3.8) is 0 Å². The Balaban J connectivity index is 2.98. The van der Waals surface area contributed by atoms with Crippen LogP contribution in [0, 0.1) is 18.3 Å². The maximum absolute atomic E-state index is 8.18. The minimum atomic E-state index is 0.640. The zero-order valence-corrected chi connectivity index (χ0v) is 6.34. The number of nitriles is 1. The van der Waals surface area contributed by atoms with Crippen LogP contribution >= 0.6 is 0 Å². The minimum absolute atomic E-state index is 0.640. The van der Waals surface area contributed by atoms with Crippen LogP contribution in [0.3, 0.4) is 0 Å². The standard InChI is InChI=1S/C9H14N/c1-2-3-4-5-6-7-8-9-10/h5-6H,1-4,7-8H2. The van der Waals surface area contributed by atoms with Crippen LogP contribution in [0.2, 0.25) is 0 Å². The van der Waals surface area contributed by atoms with Gasteiger partial charge in [0, 0.05) is 6.42 Å². The molecule has 0 aliphatic rings. The fraction of sp³-hybridized carbons (Fsp3) is 0.556. The molecule has 0 unspecified atom stereocenters. The van der Waals surface area contributed by atoms with Gasteiger partial charge in [-0.25, -0.2) is 0 Å². The highest BCUT2D eigenvalue weighted by Gasteiger charge is 1.78. The summed E-state index contributed by atoms with van der Waals surface area (Å²) in [6.45, 7) is 3.73. The zero-order chi connectivity index (χ0) is 7.66. The molecule has 1 heteroatoms. The fourth-order valence-electron chi connectivity index (χ4n) is 0.646. The zero-order valence-electron chi connectivity index (χ0n) is 6.34. The van der Waals surface area contributed by atoms with Crippen LogP contribution in [-0.4, -0.2) is 0 Å². The Kier molecular flexibility index (Phi) is 7.60. The molecule has 0 aromatic heterocycles. The topological polar surface area (TPSA) is 23.8 Å². The number of hydrogen-bond donors (Lipinski definition) is 0. The van der Waals surface area contributed by atoms with Crippen LogP contribution < -0.4 is 0 Å². The molecule has 10 heavy (non-hydrogen) atoms. The van der Waals surface area contributed by atoms with E-state index in [9.17, 15) is 0 Å². The predicted octanol–water partition coefficient (Wildman–Crippen LogP) is 2.85. The normalized spacial score (nSPS) is 10.0. The van der Waals surface area contributed by atoms with Gasteiger partial charge < -0.3 is 0 Å². The van der Waals surface area contributed by atoms with Gasteiger partial charge in [0.05, 0.1) is 6.07 Å². The summed E-state index contributed by atoms with van der Waals surface area (Å²) < 4.78 is 0. The molecule has 0 saturated heterocycles. The second kappa shape index (κ2) is 8.23. The minimum Gasteiger partial charge on any atom is -0.198 e. The summed E-state index contributed by atoms with van der Waals surface area (Å²) in [5.74, 6) is 0. The first-order valence-electron chi connectivity index (χ1n) is 3.73. The van der Waals surface area contributed by atoms with Crippen molar-refractivity contribution in [2.45, 2.75) is 32.1 Å². The van der Waals surface area contributed by atoms with E-state index >= 15 is 0 Å². The number of nitrogens with zero attached hydrogens (tertiary/aromatic N) is 1. The Morgan fingerprint density at radius 1 is 1.30 bits per heavy atom. The number of unbranched alkanes of at least 4 members (excludes halogenated alkanes) is 3. The van der Waals surface area contributed by atoms with Crippen molar-refractivity contribution in [1.29, 1.82) is 5.26 Å². The van der Waals surface area contributed by atoms with E-state index < -0.39 is 0 Å². The molecule has 0 bridgehead atoms. The van der Waals surface area contributed by atoms with Gasteiger partial charge in [0.1, 0.15) is 0 Å². The van der Waals surface area contributed by atoms with Crippen LogP contribution in [0.15, 0.2) is 12.2 Å². The van der Waals surface area contributed by atoms with E-state index in [1.54, 1.807) is 0 Å². The Morgan fingerprint density at radius 3 is 2.60 bits per heavy atom. The summed E-state index contributed by atoms with van der Waals surface area (Å²) in [6.07, 6.45) is 9.00. The maximum atomic E-state index is 8.18. The van der Waals surface area contributed by atoms with E-state index in [0.717, 1.165) is 25.7 Å². The predicted molar refractivity (Wildman–Crippen MR) is 43.2 cm³/mol. The first-order valence-corrected chi connectivity index (χ1v) is 3.73. The molecule has 0 aliphatic carbocycles. The molecule has 0 atom stereocenters. The van der Waals surface area contributed by atoms with Gasteiger partial charge in [0.2, 0.25) is 0 Å². The average Bonchev–Trinajstić information content (AvgIpc) is 1.97. The summed E-state index contributed by atoms with van der Waals surface area (Å²) in [7, 11) is 0. The molecule has 0 heterocycles. The van der Waals surface area contributed by atoms with Crippen LogP contribution in [0.4, 0.5) is 0 Å². The Morgan fingerprint density at radius 2 is 2.00 bits per heavy atom. The van der Waals surface area contributed by atoms with Gasteiger partial charge in [0.25, 0.3) is 0 Å². The molecule has 0 amide bonds. The number of rotatable bonds is 5. The van der Waals surface area contributed by atoms with E-state index in [1.807, 2.05) is 0 Å². The fourth-order valence-corrected chi connectivity index (χ4v) is 0.646. The molecule has 0 spiro atoms. The van der Waals surface area contributed by atoms with E-state index in [2.05, 4.69) is 25.1 Å². The highest BCUT2D eigenvalue weighted by atomic mass is 14.2. The monoisotopic (exact) mass is 136 g/mol. The molecule has 0 saturated carbocycles. The lowest BCUT2D eigenvalue weighted by Crippen LogP contribution is -1.68. The maximum Gasteiger partial charge on any atom is 0.0624 e. The first-order chi connectivity index (χ1) is 4.91. The lowest BCUT2D eigenvalue weighted by atomic mass is 10.2. The van der Waals surface area contributed by atoms with Crippen molar-refractivity contribution in [1.82, 2.24) is 0 Å². The summed E-state index contributed by atoms with van der Waals surface area (Å²) >= 11 is 0. The molecule has 0 aromatic carbocycles. The summed E-state index contributed by atoms with van der Waals surface area (Å²) in [6, 6.07) is 2.09. The van der Waals surface area contributed by atoms with E-state index in [-0.39, 0.29) is 0 Å². The van der Waals surface area contributed by atoms with Gasteiger partial charge in [-0.15, -0.1) is 0 Å². The summed E-state index contributed by atoms with van der Waals surface area (Å²) in [5.41, 5.74) is 0. The number of allylic oxidation sites excluding steroid dienone is 2. The third-order valence-electron chi connectivity index (χ3n) is 1.21. The Hall–Kier alpha value is -0.770. The molecule has 1 radical (unpaired) electrons. The lowest BCUT2D eigenvalue weighted by molar-refractivity contribution is 0.861. The second-order valence-corrected chi connectivity index (χ2v) is 2.16. The van der Waals surface area contributed by atoms with Gasteiger partial charge in [-0.3, -0.25) is 0 Å². The Bertz CT molecular complexity index is 119. The summed E-state index contributed by atoms with van der Waals surface area (Å²) in [5, 5.41) is 8.18. The molecule has 0 aliphatic heterocycles. The largest absolute Gasteiger partial charge is 0.198 e. The molecule has 0 fully saturated rings. The van der Waals surface area contributed by atoms with Gasteiger partial charge in [-0.05, 0) is 19.3 Å². The van der Waals surface area contributed by atoms with Crippen LogP contribution in [0.1, 0.15) is 32.1 Å². The SMILES string of the molecule is [CH2]CCCC=CCCC#N.